The minimum atomic E-state index is -1.25. The lowest BCUT2D eigenvalue weighted by Crippen LogP contribution is -2.19. The van der Waals surface area contributed by atoms with Crippen molar-refractivity contribution in [3.8, 4) is 0 Å². The zero-order valence-electron chi connectivity index (χ0n) is 10.2. The highest BCUT2D eigenvalue weighted by molar-refractivity contribution is 7.84. The summed E-state index contributed by atoms with van der Waals surface area (Å²) in [6.07, 6.45) is 1.33. The van der Waals surface area contributed by atoms with E-state index in [1.165, 1.54) is 6.33 Å². The van der Waals surface area contributed by atoms with Gasteiger partial charge in [0.25, 0.3) is 0 Å². The molecular formula is C10H17N3O3S. The van der Waals surface area contributed by atoms with Crippen LogP contribution in [-0.4, -0.2) is 35.3 Å². The fourth-order valence-corrected chi connectivity index (χ4v) is 2.49. The molecule has 0 bridgehead atoms. The van der Waals surface area contributed by atoms with Crippen LogP contribution in [0, 0.1) is 0 Å². The zero-order valence-corrected chi connectivity index (χ0v) is 11.0. The molecule has 0 amide bonds. The maximum atomic E-state index is 11.9. The molecule has 96 valence electrons. The van der Waals surface area contributed by atoms with Gasteiger partial charge >= 0.3 is 5.97 Å². The van der Waals surface area contributed by atoms with E-state index in [4.69, 9.17) is 5.11 Å². The van der Waals surface area contributed by atoms with Crippen LogP contribution < -0.4 is 0 Å². The van der Waals surface area contributed by atoms with Crippen LogP contribution >= 0.6 is 0 Å². The molecule has 0 radical (unpaired) electrons. The van der Waals surface area contributed by atoms with Gasteiger partial charge in [-0.05, 0) is 13.8 Å². The topological polar surface area (TPSA) is 85.1 Å². The summed E-state index contributed by atoms with van der Waals surface area (Å²) in [4.78, 5) is 14.6. The summed E-state index contributed by atoms with van der Waals surface area (Å²) in [6, 6.07) is 0.152. The molecule has 0 spiro atoms. The van der Waals surface area contributed by atoms with Crippen LogP contribution in [0.2, 0.25) is 0 Å². The fraction of sp³-hybridized carbons (Fsp3) is 0.700. The van der Waals surface area contributed by atoms with Gasteiger partial charge < -0.3 is 5.11 Å². The summed E-state index contributed by atoms with van der Waals surface area (Å²) in [5, 5.41) is 12.3. The normalized spacial score (nSPS) is 14.8. The maximum Gasteiger partial charge on any atom is 0.304 e. The number of nitrogens with zero attached hydrogens (tertiary/aromatic N) is 3. The number of aromatic nitrogens is 3. The third-order valence-corrected chi connectivity index (χ3v) is 3.93. The number of carboxylic acids is 1. The molecular weight excluding hydrogens is 242 g/mol. The standard InChI is InChI=1S/C10H17N3O3S/c1-7(2)13-9(11-6-12-13)5-17(16)8(3)4-10(14)15/h6-8H,4-5H2,1-3H3,(H,14,15). The Balaban J connectivity index is 2.67. The van der Waals surface area contributed by atoms with Crippen molar-refractivity contribution >= 4 is 16.8 Å². The Bertz CT molecular complexity index is 417. The number of rotatable bonds is 6. The molecule has 1 heterocycles. The van der Waals surface area contributed by atoms with Gasteiger partial charge in [-0.25, -0.2) is 9.67 Å². The van der Waals surface area contributed by atoms with Crippen molar-refractivity contribution in [2.75, 3.05) is 0 Å². The van der Waals surface area contributed by atoms with Crippen molar-refractivity contribution in [1.29, 1.82) is 0 Å². The van der Waals surface area contributed by atoms with Crippen molar-refractivity contribution in [3.05, 3.63) is 12.2 Å². The molecule has 1 N–H and O–H groups in total. The Kier molecular flexibility index (Phi) is 4.80. The highest BCUT2D eigenvalue weighted by Gasteiger charge is 2.18. The predicted octanol–water partition coefficient (Wildman–Crippen LogP) is 0.971. The Morgan fingerprint density at radius 2 is 2.18 bits per heavy atom. The van der Waals surface area contributed by atoms with Gasteiger partial charge in [-0.2, -0.15) is 5.10 Å². The first kappa shape index (κ1) is 13.8. The van der Waals surface area contributed by atoms with E-state index in [0.29, 0.717) is 5.82 Å². The minimum absolute atomic E-state index is 0.0948. The van der Waals surface area contributed by atoms with E-state index in [0.717, 1.165) is 0 Å². The molecule has 1 aromatic rings. The fourth-order valence-electron chi connectivity index (χ4n) is 1.42. The molecule has 0 saturated heterocycles. The van der Waals surface area contributed by atoms with Gasteiger partial charge in [0.15, 0.2) is 0 Å². The van der Waals surface area contributed by atoms with Crippen LogP contribution in [0.5, 0.6) is 0 Å². The smallest absolute Gasteiger partial charge is 0.304 e. The second-order valence-electron chi connectivity index (χ2n) is 4.15. The molecule has 1 rings (SSSR count). The summed E-state index contributed by atoms with van der Waals surface area (Å²) in [5.74, 6) is -0.0566. The predicted molar refractivity (Wildman–Crippen MR) is 64.0 cm³/mol. The van der Waals surface area contributed by atoms with E-state index in [9.17, 15) is 9.00 Å². The second-order valence-corrected chi connectivity index (χ2v) is 6.00. The van der Waals surface area contributed by atoms with Gasteiger partial charge in [-0.3, -0.25) is 9.00 Å². The molecule has 0 aliphatic heterocycles. The van der Waals surface area contributed by atoms with Gasteiger partial charge in [-0.15, -0.1) is 0 Å². The Hall–Kier alpha value is -1.24. The third-order valence-electron chi connectivity index (χ3n) is 2.32. The van der Waals surface area contributed by atoms with Crippen LogP contribution in [-0.2, 0) is 21.3 Å². The number of carbonyl (C=O) groups is 1. The van der Waals surface area contributed by atoms with Gasteiger partial charge in [0.05, 0.1) is 12.2 Å². The van der Waals surface area contributed by atoms with Crippen LogP contribution in [0.3, 0.4) is 0 Å². The first-order valence-corrected chi connectivity index (χ1v) is 6.77. The van der Waals surface area contributed by atoms with E-state index in [-0.39, 0.29) is 23.5 Å². The van der Waals surface area contributed by atoms with Crippen molar-refractivity contribution in [1.82, 2.24) is 14.8 Å². The SMILES string of the molecule is CC(C)n1ncnc1CS(=O)C(C)CC(=O)O. The molecule has 6 nitrogen and oxygen atoms in total. The van der Waals surface area contributed by atoms with Gasteiger partial charge in [-0.1, -0.05) is 6.92 Å². The maximum absolute atomic E-state index is 11.9. The van der Waals surface area contributed by atoms with Crippen LogP contribution in [0.15, 0.2) is 6.33 Å². The average molecular weight is 259 g/mol. The Morgan fingerprint density at radius 1 is 1.53 bits per heavy atom. The molecule has 2 unspecified atom stereocenters. The molecule has 17 heavy (non-hydrogen) atoms. The quantitative estimate of drug-likeness (QED) is 0.822. The molecule has 0 saturated carbocycles. The van der Waals surface area contributed by atoms with Crippen LogP contribution in [0.1, 0.15) is 39.1 Å². The number of hydrogen-bond acceptors (Lipinski definition) is 4. The van der Waals surface area contributed by atoms with Crippen molar-refractivity contribution in [2.45, 2.75) is 44.2 Å². The molecule has 1 aromatic heterocycles. The minimum Gasteiger partial charge on any atom is -0.481 e. The zero-order chi connectivity index (χ0) is 13.0. The van der Waals surface area contributed by atoms with Gasteiger partial charge in [0.1, 0.15) is 12.2 Å². The van der Waals surface area contributed by atoms with E-state index >= 15 is 0 Å². The van der Waals surface area contributed by atoms with E-state index in [1.54, 1.807) is 11.6 Å². The Morgan fingerprint density at radius 3 is 2.71 bits per heavy atom. The molecule has 0 aliphatic carbocycles. The summed E-state index contributed by atoms with van der Waals surface area (Å²) in [5.41, 5.74) is 0. The van der Waals surface area contributed by atoms with Gasteiger partial charge in [0.2, 0.25) is 0 Å². The summed E-state index contributed by atoms with van der Waals surface area (Å²) in [6.45, 7) is 5.59. The van der Waals surface area contributed by atoms with E-state index in [2.05, 4.69) is 10.1 Å². The van der Waals surface area contributed by atoms with Crippen LogP contribution in [0.25, 0.3) is 0 Å². The largest absolute Gasteiger partial charge is 0.481 e. The molecule has 2 atom stereocenters. The van der Waals surface area contributed by atoms with Crippen molar-refractivity contribution in [3.63, 3.8) is 0 Å². The molecule has 0 aliphatic rings. The Labute approximate surface area is 103 Å². The van der Waals surface area contributed by atoms with Crippen molar-refractivity contribution in [2.24, 2.45) is 0 Å². The molecule has 0 fully saturated rings. The first-order valence-electron chi connectivity index (χ1n) is 5.39. The lowest BCUT2D eigenvalue weighted by Gasteiger charge is -2.11. The third kappa shape index (κ3) is 3.92. The van der Waals surface area contributed by atoms with Gasteiger partial charge in [0, 0.05) is 22.1 Å². The lowest BCUT2D eigenvalue weighted by atomic mass is 10.3. The molecule has 7 heteroatoms. The summed E-state index contributed by atoms with van der Waals surface area (Å²) < 4.78 is 13.6. The van der Waals surface area contributed by atoms with Crippen LogP contribution in [0.4, 0.5) is 0 Å². The average Bonchev–Trinajstić information content (AvgIpc) is 2.64. The number of aliphatic carboxylic acids is 1. The first-order chi connectivity index (χ1) is 7.91. The second kappa shape index (κ2) is 5.90. The van der Waals surface area contributed by atoms with E-state index < -0.39 is 16.8 Å². The molecule has 0 aromatic carbocycles. The highest BCUT2D eigenvalue weighted by Crippen LogP contribution is 2.11. The number of hydrogen-bond donors (Lipinski definition) is 1. The van der Waals surface area contributed by atoms with Crippen molar-refractivity contribution < 1.29 is 14.1 Å². The monoisotopic (exact) mass is 259 g/mol. The highest BCUT2D eigenvalue weighted by atomic mass is 32.2. The number of carboxylic acid groups (broad SMARTS) is 1. The van der Waals surface area contributed by atoms with E-state index in [1.807, 2.05) is 13.8 Å². The summed E-state index contributed by atoms with van der Waals surface area (Å²) in [7, 11) is -1.25. The lowest BCUT2D eigenvalue weighted by molar-refractivity contribution is -0.136. The summed E-state index contributed by atoms with van der Waals surface area (Å²) >= 11 is 0.